The maximum Gasteiger partial charge on any atom is 0.309 e. The van der Waals surface area contributed by atoms with E-state index in [1.165, 1.54) is 0 Å². The molecule has 0 saturated heterocycles. The molecule has 0 aliphatic heterocycles. The lowest BCUT2D eigenvalue weighted by molar-refractivity contribution is -0.136. The molecule has 0 spiro atoms. The van der Waals surface area contributed by atoms with Crippen molar-refractivity contribution >= 4 is 5.97 Å². The fourth-order valence-corrected chi connectivity index (χ4v) is 1.13. The second kappa shape index (κ2) is 4.42. The van der Waals surface area contributed by atoms with Crippen LogP contribution in [0.3, 0.4) is 0 Å². The first-order valence-electron chi connectivity index (χ1n) is 4.98. The molecule has 1 rings (SSSR count). The molecule has 0 atom stereocenters. The minimum Gasteiger partial charge on any atom is -0.481 e. The van der Waals surface area contributed by atoms with E-state index in [0.29, 0.717) is 5.69 Å². The average molecular weight is 211 g/mol. The number of hydrogen-bond donors (Lipinski definition) is 1. The maximum atomic E-state index is 10.4. The molecule has 0 amide bonds. The summed E-state index contributed by atoms with van der Waals surface area (Å²) in [7, 11) is 0. The fourth-order valence-electron chi connectivity index (χ4n) is 1.13. The van der Waals surface area contributed by atoms with Gasteiger partial charge in [-0.25, -0.2) is 0 Å². The summed E-state index contributed by atoms with van der Waals surface area (Å²) >= 11 is 0. The predicted molar refractivity (Wildman–Crippen MR) is 55.4 cm³/mol. The van der Waals surface area contributed by atoms with Crippen LogP contribution in [0.4, 0.5) is 0 Å². The SMILES string of the molecule is CC(C)(C)CCn1cc(CC(=O)O)nn1. The van der Waals surface area contributed by atoms with Gasteiger partial charge in [0.05, 0.1) is 12.1 Å². The third-order valence-electron chi connectivity index (χ3n) is 2.01. The molecule has 0 aromatic carbocycles. The van der Waals surface area contributed by atoms with Gasteiger partial charge >= 0.3 is 5.97 Å². The van der Waals surface area contributed by atoms with E-state index in [1.807, 2.05) is 0 Å². The van der Waals surface area contributed by atoms with Gasteiger partial charge in [-0.05, 0) is 11.8 Å². The van der Waals surface area contributed by atoms with Gasteiger partial charge in [0.2, 0.25) is 0 Å². The summed E-state index contributed by atoms with van der Waals surface area (Å²) in [4.78, 5) is 10.4. The van der Waals surface area contributed by atoms with Crippen LogP contribution in [0.2, 0.25) is 0 Å². The number of hydrogen-bond acceptors (Lipinski definition) is 3. The molecule has 1 heterocycles. The average Bonchev–Trinajstić information content (AvgIpc) is 2.46. The molecule has 0 unspecified atom stereocenters. The molecule has 1 aromatic rings. The van der Waals surface area contributed by atoms with Crippen LogP contribution in [0.25, 0.3) is 0 Å². The minimum absolute atomic E-state index is 0.0600. The van der Waals surface area contributed by atoms with Crippen LogP contribution in [-0.4, -0.2) is 26.1 Å². The van der Waals surface area contributed by atoms with Crippen LogP contribution in [0, 0.1) is 5.41 Å². The molecule has 5 nitrogen and oxygen atoms in total. The molecule has 0 saturated carbocycles. The van der Waals surface area contributed by atoms with E-state index < -0.39 is 5.97 Å². The van der Waals surface area contributed by atoms with E-state index in [0.717, 1.165) is 13.0 Å². The number of carbonyl (C=O) groups is 1. The molecule has 0 aliphatic rings. The quantitative estimate of drug-likeness (QED) is 0.816. The normalized spacial score (nSPS) is 11.7. The largest absolute Gasteiger partial charge is 0.481 e. The summed E-state index contributed by atoms with van der Waals surface area (Å²) < 4.78 is 1.70. The molecule has 1 aromatic heterocycles. The lowest BCUT2D eigenvalue weighted by atomic mass is 9.92. The monoisotopic (exact) mass is 211 g/mol. The van der Waals surface area contributed by atoms with Crippen LogP contribution in [0.15, 0.2) is 6.20 Å². The maximum absolute atomic E-state index is 10.4. The van der Waals surface area contributed by atoms with Crippen molar-refractivity contribution in [1.82, 2.24) is 15.0 Å². The number of aryl methyl sites for hydroxylation is 1. The highest BCUT2D eigenvalue weighted by Gasteiger charge is 2.11. The van der Waals surface area contributed by atoms with Crippen LogP contribution in [0.1, 0.15) is 32.9 Å². The summed E-state index contributed by atoms with van der Waals surface area (Å²) in [5, 5.41) is 16.2. The molecular weight excluding hydrogens is 194 g/mol. The zero-order valence-electron chi connectivity index (χ0n) is 9.40. The van der Waals surface area contributed by atoms with E-state index in [4.69, 9.17) is 5.11 Å². The lowest BCUT2D eigenvalue weighted by Crippen LogP contribution is -2.10. The first-order chi connectivity index (χ1) is 6.87. The predicted octanol–water partition coefficient (Wildman–Crippen LogP) is 1.34. The van der Waals surface area contributed by atoms with E-state index in [-0.39, 0.29) is 11.8 Å². The molecule has 5 heteroatoms. The highest BCUT2D eigenvalue weighted by atomic mass is 16.4. The summed E-state index contributed by atoms with van der Waals surface area (Å²) in [6.45, 7) is 7.24. The Hall–Kier alpha value is -1.39. The molecular formula is C10H17N3O2. The second-order valence-electron chi connectivity index (χ2n) is 4.85. The third kappa shape index (κ3) is 4.58. The standard InChI is InChI=1S/C10H17N3O2/c1-10(2,3)4-5-13-7-8(11-12-13)6-9(14)15/h7H,4-6H2,1-3H3,(H,14,15). The number of aromatic nitrogens is 3. The molecule has 0 fully saturated rings. The Bertz CT molecular complexity index is 339. The summed E-state index contributed by atoms with van der Waals surface area (Å²) in [6, 6.07) is 0. The van der Waals surface area contributed by atoms with Gasteiger partial charge in [-0.2, -0.15) is 0 Å². The van der Waals surface area contributed by atoms with Gasteiger partial charge in [0.15, 0.2) is 0 Å². The summed E-state index contributed by atoms with van der Waals surface area (Å²) in [5.41, 5.74) is 0.759. The number of carboxylic acid groups (broad SMARTS) is 1. The van der Waals surface area contributed by atoms with Crippen LogP contribution in [-0.2, 0) is 17.8 Å². The Morgan fingerprint density at radius 2 is 2.20 bits per heavy atom. The molecule has 0 radical (unpaired) electrons. The first kappa shape index (κ1) is 11.7. The molecule has 84 valence electrons. The molecule has 15 heavy (non-hydrogen) atoms. The van der Waals surface area contributed by atoms with Gasteiger partial charge in [0, 0.05) is 12.7 Å². The van der Waals surface area contributed by atoms with E-state index in [1.54, 1.807) is 10.9 Å². The zero-order chi connectivity index (χ0) is 11.5. The number of rotatable bonds is 4. The van der Waals surface area contributed by atoms with Crippen LogP contribution < -0.4 is 0 Å². The molecule has 0 aliphatic carbocycles. The molecule has 0 bridgehead atoms. The van der Waals surface area contributed by atoms with Crippen molar-refractivity contribution in [2.45, 2.75) is 40.2 Å². The van der Waals surface area contributed by atoms with E-state index in [2.05, 4.69) is 31.1 Å². The zero-order valence-corrected chi connectivity index (χ0v) is 9.40. The Morgan fingerprint density at radius 1 is 1.53 bits per heavy atom. The fraction of sp³-hybridized carbons (Fsp3) is 0.700. The van der Waals surface area contributed by atoms with E-state index in [9.17, 15) is 4.79 Å². The van der Waals surface area contributed by atoms with Crippen molar-refractivity contribution in [2.75, 3.05) is 0 Å². The molecule has 1 N–H and O–H groups in total. The van der Waals surface area contributed by atoms with Gasteiger partial charge in [-0.15, -0.1) is 5.10 Å². The first-order valence-corrected chi connectivity index (χ1v) is 4.98. The van der Waals surface area contributed by atoms with Gasteiger partial charge in [0.25, 0.3) is 0 Å². The second-order valence-corrected chi connectivity index (χ2v) is 4.85. The van der Waals surface area contributed by atoms with Crippen molar-refractivity contribution in [3.8, 4) is 0 Å². The topological polar surface area (TPSA) is 68.0 Å². The van der Waals surface area contributed by atoms with Crippen molar-refractivity contribution in [3.05, 3.63) is 11.9 Å². The smallest absolute Gasteiger partial charge is 0.309 e. The third-order valence-corrected chi connectivity index (χ3v) is 2.01. The summed E-state index contributed by atoms with van der Waals surface area (Å²) in [5.74, 6) is -0.877. The Morgan fingerprint density at radius 3 is 2.73 bits per heavy atom. The van der Waals surface area contributed by atoms with Crippen LogP contribution in [0.5, 0.6) is 0 Å². The Kier molecular flexibility index (Phi) is 3.44. The van der Waals surface area contributed by atoms with Gasteiger partial charge in [-0.1, -0.05) is 26.0 Å². The number of aliphatic carboxylic acids is 1. The Labute approximate surface area is 89.1 Å². The van der Waals surface area contributed by atoms with Crippen molar-refractivity contribution < 1.29 is 9.90 Å². The van der Waals surface area contributed by atoms with Gasteiger partial charge in [0.1, 0.15) is 0 Å². The summed E-state index contributed by atoms with van der Waals surface area (Å²) in [6.07, 6.45) is 2.62. The number of carboxylic acids is 1. The van der Waals surface area contributed by atoms with Gasteiger partial charge < -0.3 is 5.11 Å². The highest BCUT2D eigenvalue weighted by Crippen LogP contribution is 2.18. The van der Waals surface area contributed by atoms with Gasteiger partial charge in [-0.3, -0.25) is 9.48 Å². The van der Waals surface area contributed by atoms with E-state index >= 15 is 0 Å². The van der Waals surface area contributed by atoms with Crippen molar-refractivity contribution in [1.29, 1.82) is 0 Å². The van der Waals surface area contributed by atoms with Crippen molar-refractivity contribution in [2.24, 2.45) is 5.41 Å². The van der Waals surface area contributed by atoms with Crippen LogP contribution >= 0.6 is 0 Å². The highest BCUT2D eigenvalue weighted by molar-refractivity contribution is 5.69. The Balaban J connectivity index is 2.50. The van der Waals surface area contributed by atoms with Crippen molar-refractivity contribution in [3.63, 3.8) is 0 Å². The minimum atomic E-state index is -0.877. The number of nitrogens with zero attached hydrogens (tertiary/aromatic N) is 3. The lowest BCUT2D eigenvalue weighted by Gasteiger charge is -2.17.